The molecule has 3 aromatic rings. The van der Waals surface area contributed by atoms with E-state index in [0.717, 1.165) is 6.07 Å². The monoisotopic (exact) mass is 397 g/mol. The molecule has 0 saturated heterocycles. The quantitative estimate of drug-likeness (QED) is 0.653. The van der Waals surface area contributed by atoms with Gasteiger partial charge in [0, 0.05) is 11.4 Å². The predicted molar refractivity (Wildman–Crippen MR) is 92.6 cm³/mol. The molecule has 0 unspecified atom stereocenters. The molecule has 0 saturated carbocycles. The zero-order valence-corrected chi connectivity index (χ0v) is 14.8. The van der Waals surface area contributed by atoms with Gasteiger partial charge < -0.3 is 9.84 Å². The van der Waals surface area contributed by atoms with Gasteiger partial charge in [-0.05, 0) is 48.9 Å². The molecule has 0 aliphatic rings. The van der Waals surface area contributed by atoms with Crippen molar-refractivity contribution in [3.05, 3.63) is 70.8 Å². The van der Waals surface area contributed by atoms with E-state index in [4.69, 9.17) is 16.3 Å². The third-order valence-electron chi connectivity index (χ3n) is 3.90. The van der Waals surface area contributed by atoms with Crippen LogP contribution < -0.4 is 4.74 Å². The number of aromatic amines is 1. The number of aliphatic hydroxyl groups is 1. The second-order valence-corrected chi connectivity index (χ2v) is 6.58. The minimum absolute atomic E-state index is 0.0103. The average Bonchev–Trinajstić information content (AvgIpc) is 3.08. The maximum absolute atomic E-state index is 13.6. The van der Waals surface area contributed by atoms with Crippen LogP contribution in [-0.2, 0) is 18.2 Å². The van der Waals surface area contributed by atoms with Crippen molar-refractivity contribution in [2.24, 2.45) is 0 Å². The molecule has 0 bridgehead atoms. The van der Waals surface area contributed by atoms with E-state index in [2.05, 4.69) is 15.2 Å². The van der Waals surface area contributed by atoms with E-state index >= 15 is 0 Å². The maximum atomic E-state index is 13.6. The smallest absolute Gasteiger partial charge is 0.416 e. The number of hydrogen-bond acceptors (Lipinski definition) is 4. The molecule has 27 heavy (non-hydrogen) atoms. The normalized spacial score (nSPS) is 14.0. The molecule has 1 aromatic heterocycles. The Balaban J connectivity index is 1.95. The van der Waals surface area contributed by atoms with Crippen LogP contribution >= 0.6 is 11.6 Å². The molecule has 0 aliphatic heterocycles. The number of rotatable bonds is 5. The van der Waals surface area contributed by atoms with Crippen LogP contribution in [0.1, 0.15) is 23.9 Å². The van der Waals surface area contributed by atoms with Crippen molar-refractivity contribution in [2.75, 3.05) is 0 Å². The molecule has 2 N–H and O–H groups in total. The highest BCUT2D eigenvalue weighted by atomic mass is 35.5. The van der Waals surface area contributed by atoms with Gasteiger partial charge in [0.2, 0.25) is 0 Å². The van der Waals surface area contributed by atoms with Gasteiger partial charge >= 0.3 is 6.18 Å². The minimum atomic E-state index is -4.68. The van der Waals surface area contributed by atoms with Crippen molar-refractivity contribution in [3.63, 3.8) is 0 Å². The Labute approximate surface area is 157 Å². The third-order valence-corrected chi connectivity index (χ3v) is 4.15. The molecular weight excluding hydrogens is 383 g/mol. The van der Waals surface area contributed by atoms with Crippen LogP contribution in [0.3, 0.4) is 0 Å². The Hall–Kier alpha value is -2.58. The fraction of sp³-hybridized carbons (Fsp3) is 0.222. The first kappa shape index (κ1) is 19.2. The Morgan fingerprint density at radius 2 is 1.74 bits per heavy atom. The summed E-state index contributed by atoms with van der Waals surface area (Å²) in [4.78, 5) is 3.86. The van der Waals surface area contributed by atoms with E-state index in [1.807, 2.05) is 0 Å². The van der Waals surface area contributed by atoms with E-state index in [9.17, 15) is 18.3 Å². The average molecular weight is 398 g/mol. The molecule has 0 radical (unpaired) electrons. The highest BCUT2D eigenvalue weighted by molar-refractivity contribution is 6.30. The number of alkyl halides is 3. The number of nitrogens with one attached hydrogen (secondary N) is 1. The summed E-state index contributed by atoms with van der Waals surface area (Å²) in [7, 11) is 0. The van der Waals surface area contributed by atoms with Gasteiger partial charge in [-0.1, -0.05) is 17.7 Å². The molecule has 1 atom stereocenters. The van der Waals surface area contributed by atoms with Crippen LogP contribution in [0.4, 0.5) is 13.2 Å². The van der Waals surface area contributed by atoms with Crippen molar-refractivity contribution in [1.82, 2.24) is 15.2 Å². The van der Waals surface area contributed by atoms with Gasteiger partial charge in [0.25, 0.3) is 0 Å². The summed E-state index contributed by atoms with van der Waals surface area (Å²) in [6, 6.07) is 9.65. The number of hydrogen-bond donors (Lipinski definition) is 2. The number of nitrogens with zero attached hydrogens (tertiary/aromatic N) is 2. The fourth-order valence-electron chi connectivity index (χ4n) is 2.67. The minimum Gasteiger partial charge on any atom is -0.457 e. The summed E-state index contributed by atoms with van der Waals surface area (Å²) in [5, 5.41) is 17.3. The third kappa shape index (κ3) is 4.58. The van der Waals surface area contributed by atoms with Crippen molar-refractivity contribution in [2.45, 2.75) is 25.1 Å². The second-order valence-electron chi connectivity index (χ2n) is 6.14. The molecule has 1 heterocycles. The van der Waals surface area contributed by atoms with Gasteiger partial charge in [0.05, 0.1) is 11.2 Å². The van der Waals surface area contributed by atoms with E-state index in [-0.39, 0.29) is 23.6 Å². The highest BCUT2D eigenvalue weighted by Gasteiger charge is 2.39. The molecule has 0 amide bonds. The molecule has 0 aliphatic carbocycles. The Bertz CT molecular complexity index is 911. The summed E-state index contributed by atoms with van der Waals surface area (Å²) in [6.07, 6.45) is -3.62. The zero-order valence-electron chi connectivity index (χ0n) is 14.1. The lowest BCUT2D eigenvalue weighted by atomic mass is 9.88. The largest absolute Gasteiger partial charge is 0.457 e. The number of halogens is 4. The summed E-state index contributed by atoms with van der Waals surface area (Å²) in [5.41, 5.74) is -3.09. The van der Waals surface area contributed by atoms with Gasteiger partial charge in [-0.3, -0.25) is 5.10 Å². The van der Waals surface area contributed by atoms with E-state index in [0.29, 0.717) is 10.8 Å². The van der Waals surface area contributed by atoms with Gasteiger partial charge in [-0.15, -0.1) is 0 Å². The lowest BCUT2D eigenvalue weighted by Crippen LogP contribution is -2.28. The molecule has 2 aromatic carbocycles. The van der Waals surface area contributed by atoms with Crippen molar-refractivity contribution < 1.29 is 23.0 Å². The summed E-state index contributed by atoms with van der Waals surface area (Å²) < 4.78 is 46.3. The first-order valence-corrected chi connectivity index (χ1v) is 8.25. The lowest BCUT2D eigenvalue weighted by molar-refractivity contribution is -0.140. The first-order chi connectivity index (χ1) is 12.6. The summed E-state index contributed by atoms with van der Waals surface area (Å²) in [5.74, 6) is 0.604. The van der Waals surface area contributed by atoms with Gasteiger partial charge in [0.15, 0.2) is 0 Å². The van der Waals surface area contributed by atoms with Crippen LogP contribution in [0.2, 0.25) is 5.02 Å². The Kier molecular flexibility index (Phi) is 5.12. The molecule has 9 heteroatoms. The van der Waals surface area contributed by atoms with Gasteiger partial charge in [0.1, 0.15) is 23.7 Å². The lowest BCUT2D eigenvalue weighted by Gasteiger charge is -2.27. The second kappa shape index (κ2) is 7.21. The van der Waals surface area contributed by atoms with Crippen LogP contribution in [0.5, 0.6) is 11.5 Å². The molecular formula is C18H15ClF3N3O2. The van der Waals surface area contributed by atoms with Crippen molar-refractivity contribution in [3.8, 4) is 11.5 Å². The zero-order chi connectivity index (χ0) is 19.7. The number of benzene rings is 2. The van der Waals surface area contributed by atoms with Crippen LogP contribution in [0, 0.1) is 0 Å². The molecule has 142 valence electrons. The molecule has 3 rings (SSSR count). The van der Waals surface area contributed by atoms with Crippen LogP contribution in [-0.4, -0.2) is 20.3 Å². The van der Waals surface area contributed by atoms with Crippen LogP contribution in [0.25, 0.3) is 0 Å². The number of H-pyrrole nitrogens is 1. The van der Waals surface area contributed by atoms with Crippen molar-refractivity contribution >= 4 is 11.6 Å². The topological polar surface area (TPSA) is 71.0 Å². The Morgan fingerprint density at radius 3 is 2.33 bits per heavy atom. The van der Waals surface area contributed by atoms with E-state index < -0.39 is 17.3 Å². The summed E-state index contributed by atoms with van der Waals surface area (Å²) >= 11 is 5.78. The highest BCUT2D eigenvalue weighted by Crippen LogP contribution is 2.40. The van der Waals surface area contributed by atoms with Crippen LogP contribution in [0.15, 0.2) is 48.8 Å². The molecule has 0 fully saturated rings. The fourth-order valence-corrected chi connectivity index (χ4v) is 2.79. The first-order valence-electron chi connectivity index (χ1n) is 7.87. The van der Waals surface area contributed by atoms with Gasteiger partial charge in [-0.2, -0.15) is 18.3 Å². The molecule has 5 nitrogen and oxygen atoms in total. The van der Waals surface area contributed by atoms with E-state index in [1.165, 1.54) is 25.4 Å². The molecule has 0 spiro atoms. The Morgan fingerprint density at radius 1 is 1.07 bits per heavy atom. The van der Waals surface area contributed by atoms with E-state index in [1.54, 1.807) is 24.3 Å². The number of ether oxygens (including phenoxy) is 1. The van der Waals surface area contributed by atoms with Gasteiger partial charge in [-0.25, -0.2) is 4.98 Å². The van der Waals surface area contributed by atoms with Crippen molar-refractivity contribution in [1.29, 1.82) is 0 Å². The predicted octanol–water partition coefficient (Wildman–Crippen LogP) is 4.72. The SMILES string of the molecule is C[C@@](O)(Cc1ncn[nH]1)c1ccc(Oc2ccc(Cl)cc2)cc1C(F)(F)F. The standard InChI is InChI=1S/C18H15ClF3N3O2/c1-17(26,9-16-23-10-24-25-16)14-7-6-13(8-15(14)18(20,21)22)27-12-4-2-11(19)3-5-12/h2-8,10,26H,9H2,1H3,(H,23,24,25)/t17-/m1/s1. The maximum Gasteiger partial charge on any atom is 0.416 e. The summed E-state index contributed by atoms with van der Waals surface area (Å²) in [6.45, 7) is 1.29. The number of aromatic nitrogens is 3.